The maximum Gasteiger partial charge on any atom is 0.229 e. The summed E-state index contributed by atoms with van der Waals surface area (Å²) >= 11 is 0. The molecule has 0 radical (unpaired) electrons. The van der Waals surface area contributed by atoms with Gasteiger partial charge in [-0.15, -0.1) is 0 Å². The Morgan fingerprint density at radius 1 is 1.09 bits per heavy atom. The van der Waals surface area contributed by atoms with Crippen LogP contribution in [0.2, 0.25) is 0 Å². The number of aryl methyl sites for hydroxylation is 1. The van der Waals surface area contributed by atoms with Crippen LogP contribution in [0.5, 0.6) is 5.75 Å². The molecule has 2 N–H and O–H groups in total. The Kier molecular flexibility index (Phi) is 5.36. The Hall–Kier alpha value is -4.27. The Balaban J connectivity index is 1.40. The predicted octanol–water partition coefficient (Wildman–Crippen LogP) is 4.69. The molecule has 1 unspecified atom stereocenters. The Bertz CT molecular complexity index is 1410. The van der Waals surface area contributed by atoms with Crippen LogP contribution < -0.4 is 15.4 Å². The van der Waals surface area contributed by atoms with Gasteiger partial charge < -0.3 is 15.4 Å². The summed E-state index contributed by atoms with van der Waals surface area (Å²) in [5.41, 5.74) is 4.74. The quantitative estimate of drug-likeness (QED) is 0.412. The van der Waals surface area contributed by atoms with E-state index in [0.29, 0.717) is 30.7 Å². The number of fused-ring (bicyclic) bond motifs is 6. The normalized spacial score (nSPS) is 16.7. The van der Waals surface area contributed by atoms with E-state index in [-0.39, 0.29) is 11.7 Å². The van der Waals surface area contributed by atoms with Crippen molar-refractivity contribution in [2.24, 2.45) is 0 Å². The van der Waals surface area contributed by atoms with Crippen LogP contribution >= 0.6 is 0 Å². The summed E-state index contributed by atoms with van der Waals surface area (Å²) in [7, 11) is 0. The first-order valence-corrected chi connectivity index (χ1v) is 11.6. The SMILES string of the molecule is Cc1ncn(-c2ccc3cc2OCC=CCNc2nc(nc4c2CCC4c2ccc(F)cc2)N3)n1. The molecule has 4 bridgehead atoms. The minimum absolute atomic E-state index is 0.0951. The van der Waals surface area contributed by atoms with Crippen molar-refractivity contribution in [3.8, 4) is 11.4 Å². The average Bonchev–Trinajstić information content (AvgIpc) is 3.48. The van der Waals surface area contributed by atoms with Crippen LogP contribution in [0.25, 0.3) is 5.69 Å². The standard InChI is InChI=1S/C26H24FN7O/c1-16-29-15-34(33-16)22-11-8-19-14-23(22)35-13-3-2-12-28-25-21-10-9-20(17-4-6-18(27)7-5-17)24(21)31-26(30-19)32-25/h2-8,11,14-15,20H,9-10,12-13H2,1H3,(H2,28,30,31,32). The molecule has 8 nitrogen and oxygen atoms in total. The summed E-state index contributed by atoms with van der Waals surface area (Å²) in [6, 6.07) is 12.5. The van der Waals surface area contributed by atoms with Crippen LogP contribution in [0.15, 0.2) is 60.9 Å². The van der Waals surface area contributed by atoms with Crippen LogP contribution in [-0.2, 0) is 6.42 Å². The molecular formula is C26H24FN7O. The molecule has 0 saturated carbocycles. The minimum atomic E-state index is -0.237. The molecule has 2 aromatic heterocycles. The smallest absolute Gasteiger partial charge is 0.229 e. The zero-order valence-corrected chi connectivity index (χ0v) is 19.2. The Labute approximate surface area is 201 Å². The van der Waals surface area contributed by atoms with E-state index in [9.17, 15) is 4.39 Å². The van der Waals surface area contributed by atoms with Crippen molar-refractivity contribution < 1.29 is 9.13 Å². The second kappa shape index (κ2) is 8.83. The zero-order valence-electron chi connectivity index (χ0n) is 19.2. The third kappa shape index (κ3) is 4.21. The van der Waals surface area contributed by atoms with Gasteiger partial charge in [-0.05, 0) is 55.7 Å². The molecule has 176 valence electrons. The Morgan fingerprint density at radius 3 is 2.80 bits per heavy atom. The summed E-state index contributed by atoms with van der Waals surface area (Å²) in [5.74, 6) is 2.53. The maximum atomic E-state index is 13.5. The van der Waals surface area contributed by atoms with Gasteiger partial charge in [0.2, 0.25) is 5.95 Å². The van der Waals surface area contributed by atoms with E-state index in [2.05, 4.69) is 20.7 Å². The number of nitrogens with zero attached hydrogens (tertiary/aromatic N) is 5. The summed E-state index contributed by atoms with van der Waals surface area (Å²) in [6.07, 6.45) is 7.45. The highest BCUT2D eigenvalue weighted by atomic mass is 19.1. The van der Waals surface area contributed by atoms with Crippen LogP contribution in [0.1, 0.15) is 35.0 Å². The average molecular weight is 470 g/mol. The topological polar surface area (TPSA) is 89.8 Å². The van der Waals surface area contributed by atoms with Crippen molar-refractivity contribution in [1.82, 2.24) is 24.7 Å². The molecule has 4 aromatic rings. The second-order valence-electron chi connectivity index (χ2n) is 8.61. The van der Waals surface area contributed by atoms with Gasteiger partial charge in [0, 0.05) is 29.8 Å². The lowest BCUT2D eigenvalue weighted by Gasteiger charge is -2.16. The summed E-state index contributed by atoms with van der Waals surface area (Å²) < 4.78 is 21.3. The first-order chi connectivity index (χ1) is 17.1. The molecule has 3 heterocycles. The van der Waals surface area contributed by atoms with Gasteiger partial charge in [-0.3, -0.25) is 0 Å². The number of benzene rings is 2. The highest BCUT2D eigenvalue weighted by Gasteiger charge is 2.29. The molecule has 2 aliphatic rings. The lowest BCUT2D eigenvalue weighted by atomic mass is 9.97. The summed E-state index contributed by atoms with van der Waals surface area (Å²) in [6.45, 7) is 2.88. The zero-order chi connectivity index (χ0) is 23.8. The summed E-state index contributed by atoms with van der Waals surface area (Å²) in [4.78, 5) is 13.9. The summed E-state index contributed by atoms with van der Waals surface area (Å²) in [5, 5.41) is 11.2. The Morgan fingerprint density at radius 2 is 1.97 bits per heavy atom. The van der Waals surface area contributed by atoms with Gasteiger partial charge in [0.1, 0.15) is 41.8 Å². The number of hydrogen-bond donors (Lipinski definition) is 2. The number of rotatable bonds is 2. The fourth-order valence-electron chi connectivity index (χ4n) is 4.62. The molecule has 2 aromatic carbocycles. The fourth-order valence-corrected chi connectivity index (χ4v) is 4.62. The first-order valence-electron chi connectivity index (χ1n) is 11.6. The fraction of sp³-hybridized carbons (Fsp3) is 0.231. The van der Waals surface area contributed by atoms with E-state index < -0.39 is 0 Å². The van der Waals surface area contributed by atoms with E-state index in [0.717, 1.165) is 46.9 Å². The molecular weight excluding hydrogens is 445 g/mol. The highest BCUT2D eigenvalue weighted by molar-refractivity contribution is 5.64. The van der Waals surface area contributed by atoms with E-state index in [1.807, 2.05) is 49.4 Å². The van der Waals surface area contributed by atoms with Crippen molar-refractivity contribution in [2.45, 2.75) is 25.7 Å². The van der Waals surface area contributed by atoms with E-state index in [1.165, 1.54) is 12.1 Å². The molecule has 0 spiro atoms. The third-order valence-corrected chi connectivity index (χ3v) is 6.28. The lowest BCUT2D eigenvalue weighted by Crippen LogP contribution is -2.10. The number of halogens is 1. The number of hydrogen-bond acceptors (Lipinski definition) is 7. The number of aromatic nitrogens is 5. The molecule has 1 atom stereocenters. The van der Waals surface area contributed by atoms with Crippen molar-refractivity contribution in [3.63, 3.8) is 0 Å². The van der Waals surface area contributed by atoms with Gasteiger partial charge >= 0.3 is 0 Å². The third-order valence-electron chi connectivity index (χ3n) is 6.28. The van der Waals surface area contributed by atoms with Gasteiger partial charge in [0.25, 0.3) is 0 Å². The van der Waals surface area contributed by atoms with Crippen LogP contribution in [0.4, 0.5) is 21.8 Å². The lowest BCUT2D eigenvalue weighted by molar-refractivity contribution is 0.360. The monoisotopic (exact) mass is 469 g/mol. The molecule has 35 heavy (non-hydrogen) atoms. The van der Waals surface area contributed by atoms with Gasteiger partial charge in [-0.2, -0.15) is 10.1 Å². The van der Waals surface area contributed by atoms with E-state index >= 15 is 0 Å². The van der Waals surface area contributed by atoms with Gasteiger partial charge in [0.05, 0.1) is 5.69 Å². The molecule has 1 aliphatic heterocycles. The number of ether oxygens (including phenoxy) is 1. The van der Waals surface area contributed by atoms with Crippen molar-refractivity contribution in [2.75, 3.05) is 23.8 Å². The number of nitrogens with one attached hydrogen (secondary N) is 2. The van der Waals surface area contributed by atoms with Crippen LogP contribution in [0.3, 0.4) is 0 Å². The number of anilines is 3. The minimum Gasteiger partial charge on any atom is -0.487 e. The van der Waals surface area contributed by atoms with E-state index in [1.54, 1.807) is 11.0 Å². The molecule has 0 fully saturated rings. The van der Waals surface area contributed by atoms with Gasteiger partial charge in [-0.25, -0.2) is 19.0 Å². The maximum absolute atomic E-state index is 13.5. The molecule has 0 saturated heterocycles. The molecule has 9 heteroatoms. The molecule has 1 aliphatic carbocycles. The second-order valence-corrected chi connectivity index (χ2v) is 8.61. The first kappa shape index (κ1) is 21.3. The van der Waals surface area contributed by atoms with Crippen molar-refractivity contribution in [1.29, 1.82) is 0 Å². The van der Waals surface area contributed by atoms with Gasteiger partial charge in [-0.1, -0.05) is 18.2 Å². The van der Waals surface area contributed by atoms with Crippen LogP contribution in [-0.4, -0.2) is 37.9 Å². The largest absolute Gasteiger partial charge is 0.487 e. The van der Waals surface area contributed by atoms with Crippen LogP contribution in [0, 0.1) is 12.7 Å². The predicted molar refractivity (Wildman–Crippen MR) is 131 cm³/mol. The van der Waals surface area contributed by atoms with Crippen molar-refractivity contribution in [3.05, 3.63) is 89.4 Å². The van der Waals surface area contributed by atoms with Gasteiger partial charge in [0.15, 0.2) is 0 Å². The molecule has 0 amide bonds. The van der Waals surface area contributed by atoms with E-state index in [4.69, 9.17) is 14.7 Å². The van der Waals surface area contributed by atoms with Crippen molar-refractivity contribution >= 4 is 17.5 Å². The molecule has 6 rings (SSSR count). The highest BCUT2D eigenvalue weighted by Crippen LogP contribution is 2.40.